The first kappa shape index (κ1) is 18.4. The van der Waals surface area contributed by atoms with Crippen LogP contribution >= 0.6 is 12.2 Å². The number of thiocarbonyl (C=S) groups is 1. The van der Waals surface area contributed by atoms with E-state index in [0.29, 0.717) is 10.9 Å². The van der Waals surface area contributed by atoms with Crippen LogP contribution in [-0.2, 0) is 4.79 Å². The van der Waals surface area contributed by atoms with E-state index in [1.807, 2.05) is 4.90 Å². The van der Waals surface area contributed by atoms with Crippen molar-refractivity contribution in [2.45, 2.75) is 58.8 Å². The molecule has 0 aromatic carbocycles. The summed E-state index contributed by atoms with van der Waals surface area (Å²) in [6, 6.07) is 0. The van der Waals surface area contributed by atoms with Crippen LogP contribution in [0.25, 0.3) is 0 Å². The predicted molar refractivity (Wildman–Crippen MR) is 90.0 cm³/mol. The number of amides is 1. The standard InChI is InChI=1S/C16H30N2O2S/c1-3-8-16(9-4-2,14(17)21)15(20)18-10-5-6-13(12-18)7-11-19/h13,19H,3-12H2,1-2H3,(H2,17,21). The van der Waals surface area contributed by atoms with Gasteiger partial charge < -0.3 is 15.7 Å². The second-order valence-electron chi connectivity index (χ2n) is 6.22. The van der Waals surface area contributed by atoms with Gasteiger partial charge in [-0.3, -0.25) is 4.79 Å². The summed E-state index contributed by atoms with van der Waals surface area (Å²) in [6.07, 6.45) is 6.12. The number of hydrogen-bond donors (Lipinski definition) is 2. The maximum atomic E-state index is 13.1. The van der Waals surface area contributed by atoms with E-state index in [1.54, 1.807) is 0 Å². The summed E-state index contributed by atoms with van der Waals surface area (Å²) >= 11 is 5.28. The van der Waals surface area contributed by atoms with Crippen LogP contribution in [0.4, 0.5) is 0 Å². The number of rotatable bonds is 8. The average molecular weight is 314 g/mol. The van der Waals surface area contributed by atoms with Crippen molar-refractivity contribution in [1.29, 1.82) is 0 Å². The number of aliphatic hydroxyl groups excluding tert-OH is 1. The molecule has 1 saturated heterocycles. The summed E-state index contributed by atoms with van der Waals surface area (Å²) < 4.78 is 0. The molecule has 4 nitrogen and oxygen atoms in total. The summed E-state index contributed by atoms with van der Waals surface area (Å²) in [6.45, 7) is 5.86. The minimum Gasteiger partial charge on any atom is -0.396 e. The average Bonchev–Trinajstić information content (AvgIpc) is 2.46. The highest BCUT2D eigenvalue weighted by molar-refractivity contribution is 7.80. The van der Waals surface area contributed by atoms with Gasteiger partial charge in [-0.25, -0.2) is 0 Å². The van der Waals surface area contributed by atoms with Gasteiger partial charge in [0.05, 0.1) is 10.4 Å². The molecule has 122 valence electrons. The molecule has 1 fully saturated rings. The van der Waals surface area contributed by atoms with Crippen molar-refractivity contribution < 1.29 is 9.90 Å². The summed E-state index contributed by atoms with van der Waals surface area (Å²) in [5.41, 5.74) is 5.32. The van der Waals surface area contributed by atoms with Crippen molar-refractivity contribution >= 4 is 23.1 Å². The molecular formula is C16H30N2O2S. The number of likely N-dealkylation sites (tertiary alicyclic amines) is 1. The molecule has 1 rings (SSSR count). The fourth-order valence-corrected chi connectivity index (χ4v) is 3.81. The van der Waals surface area contributed by atoms with E-state index in [1.165, 1.54) is 0 Å². The van der Waals surface area contributed by atoms with Crippen molar-refractivity contribution in [2.24, 2.45) is 17.1 Å². The molecule has 0 spiro atoms. The number of nitrogens with two attached hydrogens (primary N) is 1. The molecule has 1 unspecified atom stereocenters. The van der Waals surface area contributed by atoms with Gasteiger partial charge in [-0.2, -0.15) is 0 Å². The normalized spacial score (nSPS) is 19.6. The Morgan fingerprint density at radius 1 is 1.38 bits per heavy atom. The highest BCUT2D eigenvalue weighted by Crippen LogP contribution is 2.34. The Morgan fingerprint density at radius 3 is 2.48 bits per heavy atom. The lowest BCUT2D eigenvalue weighted by atomic mass is 9.77. The Kier molecular flexibility index (Phi) is 7.60. The molecule has 0 saturated carbocycles. The molecule has 1 heterocycles. The lowest BCUT2D eigenvalue weighted by molar-refractivity contribution is -0.141. The molecule has 0 aromatic heterocycles. The summed E-state index contributed by atoms with van der Waals surface area (Å²) in [4.78, 5) is 15.4. The van der Waals surface area contributed by atoms with Gasteiger partial charge >= 0.3 is 0 Å². The van der Waals surface area contributed by atoms with Gasteiger partial charge in [0.2, 0.25) is 5.91 Å². The minimum absolute atomic E-state index is 0.112. The summed E-state index contributed by atoms with van der Waals surface area (Å²) in [5, 5.41) is 9.12. The van der Waals surface area contributed by atoms with Gasteiger partial charge in [-0.15, -0.1) is 0 Å². The van der Waals surface area contributed by atoms with Crippen molar-refractivity contribution in [3.05, 3.63) is 0 Å². The highest BCUT2D eigenvalue weighted by Gasteiger charge is 2.43. The van der Waals surface area contributed by atoms with Crippen LogP contribution in [-0.4, -0.2) is 40.6 Å². The lowest BCUT2D eigenvalue weighted by Gasteiger charge is -2.40. The zero-order valence-electron chi connectivity index (χ0n) is 13.4. The molecule has 1 amide bonds. The first-order valence-electron chi connectivity index (χ1n) is 8.22. The van der Waals surface area contributed by atoms with E-state index in [9.17, 15) is 4.79 Å². The fourth-order valence-electron chi connectivity index (χ4n) is 3.51. The molecule has 1 atom stereocenters. The SMILES string of the molecule is CCCC(CCC)(C(=O)N1CCCC(CCO)C1)C(N)=S. The molecule has 0 bridgehead atoms. The number of nitrogens with zero attached hydrogens (tertiary/aromatic N) is 1. The van der Waals surface area contributed by atoms with Crippen LogP contribution in [0.1, 0.15) is 58.8 Å². The first-order valence-corrected chi connectivity index (χ1v) is 8.62. The zero-order chi connectivity index (χ0) is 15.9. The maximum Gasteiger partial charge on any atom is 0.235 e. The lowest BCUT2D eigenvalue weighted by Crippen LogP contribution is -2.53. The number of aliphatic hydroxyl groups is 1. The Labute approximate surface area is 134 Å². The number of carbonyl (C=O) groups excluding carboxylic acids is 1. The van der Waals surface area contributed by atoms with Gasteiger partial charge in [0, 0.05) is 19.7 Å². The highest BCUT2D eigenvalue weighted by atomic mass is 32.1. The summed E-state index contributed by atoms with van der Waals surface area (Å²) in [7, 11) is 0. The van der Waals surface area contributed by atoms with Gasteiger partial charge in [-0.1, -0.05) is 38.9 Å². The van der Waals surface area contributed by atoms with Crippen LogP contribution in [0.15, 0.2) is 0 Å². The van der Waals surface area contributed by atoms with Crippen molar-refractivity contribution in [1.82, 2.24) is 4.90 Å². The Morgan fingerprint density at radius 2 is 2.00 bits per heavy atom. The molecule has 0 aromatic rings. The molecule has 1 aliphatic heterocycles. The Balaban J connectivity index is 2.90. The molecular weight excluding hydrogens is 284 g/mol. The third-order valence-electron chi connectivity index (χ3n) is 4.58. The number of hydrogen-bond acceptors (Lipinski definition) is 3. The van der Waals surface area contributed by atoms with Crippen molar-refractivity contribution in [2.75, 3.05) is 19.7 Å². The van der Waals surface area contributed by atoms with Crippen molar-refractivity contribution in [3.63, 3.8) is 0 Å². The molecule has 0 radical (unpaired) electrons. The monoisotopic (exact) mass is 314 g/mol. The van der Waals surface area contributed by atoms with E-state index in [4.69, 9.17) is 23.1 Å². The largest absolute Gasteiger partial charge is 0.396 e. The summed E-state index contributed by atoms with van der Waals surface area (Å²) in [5.74, 6) is 0.515. The van der Waals surface area contributed by atoms with Crippen LogP contribution in [0.5, 0.6) is 0 Å². The van der Waals surface area contributed by atoms with Crippen molar-refractivity contribution in [3.8, 4) is 0 Å². The van der Waals surface area contributed by atoms with Gasteiger partial charge in [-0.05, 0) is 38.0 Å². The van der Waals surface area contributed by atoms with E-state index < -0.39 is 5.41 Å². The Hall–Kier alpha value is -0.680. The molecule has 21 heavy (non-hydrogen) atoms. The number of carbonyl (C=O) groups is 1. The van der Waals surface area contributed by atoms with Gasteiger partial charge in [0.25, 0.3) is 0 Å². The van der Waals surface area contributed by atoms with E-state index in [0.717, 1.165) is 58.0 Å². The fraction of sp³-hybridized carbons (Fsp3) is 0.875. The topological polar surface area (TPSA) is 66.6 Å². The van der Waals surface area contributed by atoms with Crippen LogP contribution in [0.2, 0.25) is 0 Å². The molecule has 5 heteroatoms. The second-order valence-corrected chi connectivity index (χ2v) is 6.66. The van der Waals surface area contributed by atoms with E-state index >= 15 is 0 Å². The number of piperidine rings is 1. The van der Waals surface area contributed by atoms with Crippen LogP contribution in [0.3, 0.4) is 0 Å². The van der Waals surface area contributed by atoms with E-state index in [2.05, 4.69) is 13.8 Å². The zero-order valence-corrected chi connectivity index (χ0v) is 14.3. The smallest absolute Gasteiger partial charge is 0.235 e. The minimum atomic E-state index is -0.667. The quantitative estimate of drug-likeness (QED) is 0.676. The van der Waals surface area contributed by atoms with Gasteiger partial charge in [0.1, 0.15) is 0 Å². The van der Waals surface area contributed by atoms with E-state index in [-0.39, 0.29) is 12.5 Å². The third-order valence-corrected chi connectivity index (χ3v) is 4.97. The third kappa shape index (κ3) is 4.39. The van der Waals surface area contributed by atoms with Crippen LogP contribution < -0.4 is 5.73 Å². The Bertz CT molecular complexity index is 352. The van der Waals surface area contributed by atoms with Gasteiger partial charge in [0.15, 0.2) is 0 Å². The van der Waals surface area contributed by atoms with Crippen LogP contribution in [0, 0.1) is 11.3 Å². The molecule has 0 aliphatic carbocycles. The molecule has 3 N–H and O–H groups in total. The first-order chi connectivity index (χ1) is 10.0. The predicted octanol–water partition coefficient (Wildman–Crippen LogP) is 2.48. The second kappa shape index (κ2) is 8.69. The maximum absolute atomic E-state index is 13.1. The molecule has 1 aliphatic rings.